The summed E-state index contributed by atoms with van der Waals surface area (Å²) in [4.78, 5) is 11.3. The molecule has 2 aliphatic heterocycles. The van der Waals surface area contributed by atoms with E-state index in [1.165, 1.54) is 0 Å². The van der Waals surface area contributed by atoms with Gasteiger partial charge in [-0.2, -0.15) is 0 Å². The molecular formula is C19H24N4O2S. The lowest BCUT2D eigenvalue weighted by Gasteiger charge is -2.26. The van der Waals surface area contributed by atoms with E-state index in [0.29, 0.717) is 18.4 Å². The fourth-order valence-corrected chi connectivity index (χ4v) is 6.05. The van der Waals surface area contributed by atoms with E-state index < -0.39 is 9.84 Å². The van der Waals surface area contributed by atoms with Crippen molar-refractivity contribution in [2.45, 2.75) is 30.8 Å². The number of likely N-dealkylation sites (tertiary alicyclic amines) is 1. The molecule has 2 aromatic rings. The average molecular weight is 372 g/mol. The summed E-state index contributed by atoms with van der Waals surface area (Å²) in [6.07, 6.45) is 1.67. The summed E-state index contributed by atoms with van der Waals surface area (Å²) in [5.41, 5.74) is 2.56. The minimum atomic E-state index is -3.16. The molecule has 1 saturated heterocycles. The van der Waals surface area contributed by atoms with Crippen molar-refractivity contribution in [3.8, 4) is 0 Å². The number of nitrogens with zero attached hydrogens (tertiary/aromatic N) is 3. The van der Waals surface area contributed by atoms with Crippen molar-refractivity contribution in [3.05, 3.63) is 47.8 Å². The van der Waals surface area contributed by atoms with Crippen LogP contribution < -0.4 is 5.32 Å². The van der Waals surface area contributed by atoms with Crippen LogP contribution in [0.4, 0.5) is 11.6 Å². The van der Waals surface area contributed by atoms with E-state index in [9.17, 15) is 8.42 Å². The molecule has 26 heavy (non-hydrogen) atoms. The van der Waals surface area contributed by atoms with Gasteiger partial charge < -0.3 is 10.2 Å². The second-order valence-electron chi connectivity index (χ2n) is 7.66. The SMILES string of the molecule is CC(C)CN1C[C@H]2c3nc(Nc4ccccc4)ncc3CS(=O)(=O)[C@H]2C1. The van der Waals surface area contributed by atoms with E-state index >= 15 is 0 Å². The van der Waals surface area contributed by atoms with Crippen molar-refractivity contribution in [1.82, 2.24) is 14.9 Å². The van der Waals surface area contributed by atoms with Gasteiger partial charge >= 0.3 is 0 Å². The number of hydrogen-bond acceptors (Lipinski definition) is 6. The van der Waals surface area contributed by atoms with Gasteiger partial charge in [-0.25, -0.2) is 18.4 Å². The molecule has 138 valence electrons. The van der Waals surface area contributed by atoms with Gasteiger partial charge in [0.15, 0.2) is 9.84 Å². The standard InChI is InChI=1S/C19H24N4O2S/c1-13(2)9-23-10-16-17(11-23)26(24,25)12-14-8-20-19(22-18(14)16)21-15-6-4-3-5-7-15/h3-8,13,16-17H,9-12H2,1-2H3,(H,20,21,22)/t16-,17+/m1/s1. The second kappa shape index (κ2) is 6.63. The Kier molecular flexibility index (Phi) is 4.44. The summed E-state index contributed by atoms with van der Waals surface area (Å²) in [5, 5.41) is 2.86. The van der Waals surface area contributed by atoms with E-state index in [1.807, 2.05) is 30.3 Å². The van der Waals surface area contributed by atoms with Crippen molar-refractivity contribution < 1.29 is 8.42 Å². The predicted octanol–water partition coefficient (Wildman–Crippen LogP) is 2.57. The summed E-state index contributed by atoms with van der Waals surface area (Å²) >= 11 is 0. The number of anilines is 2. The number of hydrogen-bond donors (Lipinski definition) is 1. The fraction of sp³-hybridized carbons (Fsp3) is 0.474. The van der Waals surface area contributed by atoms with Crippen LogP contribution in [0.2, 0.25) is 0 Å². The van der Waals surface area contributed by atoms with Gasteiger partial charge in [-0.15, -0.1) is 0 Å². The topological polar surface area (TPSA) is 75.2 Å². The predicted molar refractivity (Wildman–Crippen MR) is 102 cm³/mol. The molecule has 1 fully saturated rings. The van der Waals surface area contributed by atoms with Crippen molar-refractivity contribution in [2.24, 2.45) is 5.92 Å². The van der Waals surface area contributed by atoms with Crippen molar-refractivity contribution in [3.63, 3.8) is 0 Å². The number of aromatic nitrogens is 2. The Bertz CT molecular complexity index is 899. The summed E-state index contributed by atoms with van der Waals surface area (Å²) in [7, 11) is -3.16. The molecule has 0 spiro atoms. The van der Waals surface area contributed by atoms with E-state index in [0.717, 1.165) is 30.0 Å². The molecule has 1 N–H and O–H groups in total. The molecule has 3 heterocycles. The molecule has 4 rings (SSSR count). The molecule has 1 aromatic heterocycles. The first kappa shape index (κ1) is 17.4. The van der Waals surface area contributed by atoms with E-state index in [1.54, 1.807) is 6.20 Å². The third-order valence-corrected chi connectivity index (χ3v) is 7.18. The Morgan fingerprint density at radius 2 is 2.00 bits per heavy atom. The maximum atomic E-state index is 12.7. The molecule has 1 aromatic carbocycles. The third-order valence-electron chi connectivity index (χ3n) is 5.06. The van der Waals surface area contributed by atoms with Gasteiger partial charge in [0.25, 0.3) is 0 Å². The number of para-hydroxylation sites is 1. The maximum absolute atomic E-state index is 12.7. The van der Waals surface area contributed by atoms with Gasteiger partial charge in [-0.1, -0.05) is 32.0 Å². The highest BCUT2D eigenvalue weighted by Crippen LogP contribution is 2.39. The van der Waals surface area contributed by atoms with Crippen LogP contribution in [-0.2, 0) is 15.6 Å². The quantitative estimate of drug-likeness (QED) is 0.889. The van der Waals surface area contributed by atoms with Crippen LogP contribution in [0, 0.1) is 5.92 Å². The minimum Gasteiger partial charge on any atom is -0.324 e. The van der Waals surface area contributed by atoms with E-state index in [-0.39, 0.29) is 16.9 Å². The minimum absolute atomic E-state index is 0.0463. The second-order valence-corrected chi connectivity index (χ2v) is 9.88. The molecule has 0 saturated carbocycles. The number of rotatable bonds is 4. The van der Waals surface area contributed by atoms with Gasteiger partial charge in [0.1, 0.15) is 0 Å². The smallest absolute Gasteiger partial charge is 0.227 e. The lowest BCUT2D eigenvalue weighted by atomic mass is 10.00. The Balaban J connectivity index is 1.65. The Morgan fingerprint density at radius 3 is 2.73 bits per heavy atom. The molecule has 2 aliphatic rings. The van der Waals surface area contributed by atoms with Crippen LogP contribution in [0.15, 0.2) is 36.5 Å². The molecule has 0 amide bonds. The van der Waals surface area contributed by atoms with Crippen LogP contribution in [0.5, 0.6) is 0 Å². The summed E-state index contributed by atoms with van der Waals surface area (Å²) in [6, 6.07) is 9.76. The molecule has 2 atom stereocenters. The van der Waals surface area contributed by atoms with Crippen LogP contribution in [0.1, 0.15) is 31.0 Å². The maximum Gasteiger partial charge on any atom is 0.227 e. The summed E-state index contributed by atoms with van der Waals surface area (Å²) in [6.45, 7) is 6.59. The highest BCUT2D eigenvalue weighted by atomic mass is 32.2. The van der Waals surface area contributed by atoms with Crippen LogP contribution in [0.3, 0.4) is 0 Å². The fourth-order valence-electron chi connectivity index (χ4n) is 4.03. The number of fused-ring (bicyclic) bond motifs is 3. The van der Waals surface area contributed by atoms with Gasteiger partial charge in [0.05, 0.1) is 16.7 Å². The highest BCUT2D eigenvalue weighted by Gasteiger charge is 2.47. The lowest BCUT2D eigenvalue weighted by Crippen LogP contribution is -2.35. The number of benzene rings is 1. The Morgan fingerprint density at radius 1 is 1.23 bits per heavy atom. The molecule has 0 bridgehead atoms. The lowest BCUT2D eigenvalue weighted by molar-refractivity contribution is 0.294. The zero-order chi connectivity index (χ0) is 18.3. The third kappa shape index (κ3) is 3.33. The normalized spacial score (nSPS) is 24.3. The van der Waals surface area contributed by atoms with Gasteiger partial charge in [-0.05, 0) is 18.1 Å². The Labute approximate surface area is 154 Å². The van der Waals surface area contributed by atoms with Crippen molar-refractivity contribution in [1.29, 1.82) is 0 Å². The van der Waals surface area contributed by atoms with Crippen LogP contribution in [0.25, 0.3) is 0 Å². The molecular weight excluding hydrogens is 348 g/mol. The molecule has 7 heteroatoms. The average Bonchev–Trinajstić information content (AvgIpc) is 3.01. The van der Waals surface area contributed by atoms with Crippen molar-refractivity contribution in [2.75, 3.05) is 25.0 Å². The van der Waals surface area contributed by atoms with Gasteiger partial charge in [-0.3, -0.25) is 0 Å². The zero-order valence-corrected chi connectivity index (χ0v) is 15.9. The highest BCUT2D eigenvalue weighted by molar-refractivity contribution is 7.91. The molecule has 0 unspecified atom stereocenters. The Hall–Kier alpha value is -1.99. The molecule has 0 aliphatic carbocycles. The van der Waals surface area contributed by atoms with Crippen molar-refractivity contribution >= 4 is 21.5 Å². The monoisotopic (exact) mass is 372 g/mol. The molecule has 6 nitrogen and oxygen atoms in total. The number of sulfone groups is 1. The summed E-state index contributed by atoms with van der Waals surface area (Å²) < 4.78 is 25.5. The summed E-state index contributed by atoms with van der Waals surface area (Å²) in [5.74, 6) is 1.01. The first-order valence-corrected chi connectivity index (χ1v) is 10.8. The van der Waals surface area contributed by atoms with E-state index in [2.05, 4.69) is 29.0 Å². The zero-order valence-electron chi connectivity index (χ0n) is 15.1. The van der Waals surface area contributed by atoms with E-state index in [4.69, 9.17) is 4.98 Å². The van der Waals surface area contributed by atoms with Gasteiger partial charge in [0.2, 0.25) is 5.95 Å². The number of nitrogens with one attached hydrogen (secondary N) is 1. The largest absolute Gasteiger partial charge is 0.324 e. The first-order valence-electron chi connectivity index (χ1n) is 9.04. The molecule has 0 radical (unpaired) electrons. The first-order chi connectivity index (χ1) is 12.4. The van der Waals surface area contributed by atoms with Crippen LogP contribution in [-0.4, -0.2) is 48.2 Å². The van der Waals surface area contributed by atoms with Crippen LogP contribution >= 0.6 is 0 Å². The van der Waals surface area contributed by atoms with Gasteiger partial charge in [0, 0.05) is 43.0 Å².